The summed E-state index contributed by atoms with van der Waals surface area (Å²) in [5, 5.41) is 2.80. The number of carbonyl (C=O) groups excluding carboxylic acids is 1. The Morgan fingerprint density at radius 2 is 2.00 bits per heavy atom. The van der Waals surface area contributed by atoms with E-state index in [1.807, 2.05) is 11.8 Å². The molecule has 0 radical (unpaired) electrons. The molecule has 23 heavy (non-hydrogen) atoms. The van der Waals surface area contributed by atoms with Crippen molar-refractivity contribution in [1.29, 1.82) is 0 Å². The first-order chi connectivity index (χ1) is 10.9. The van der Waals surface area contributed by atoms with Crippen LogP contribution in [-0.4, -0.2) is 60.0 Å². The Balaban J connectivity index is 1.88. The molecular formula is C14H20F3N5O. The number of hydrogen-bond acceptors (Lipinski definition) is 5. The predicted molar refractivity (Wildman–Crippen MR) is 79.0 cm³/mol. The maximum atomic E-state index is 12.7. The first-order valence-electron chi connectivity index (χ1n) is 7.54. The van der Waals surface area contributed by atoms with Crippen LogP contribution in [0.15, 0.2) is 12.3 Å². The van der Waals surface area contributed by atoms with Gasteiger partial charge in [0.05, 0.1) is 6.54 Å². The molecule has 1 amide bonds. The lowest BCUT2D eigenvalue weighted by Crippen LogP contribution is -2.50. The summed E-state index contributed by atoms with van der Waals surface area (Å²) in [6.45, 7) is 5.07. The summed E-state index contributed by atoms with van der Waals surface area (Å²) in [7, 11) is 0. The van der Waals surface area contributed by atoms with Gasteiger partial charge in [-0.25, -0.2) is 9.97 Å². The number of nitrogens with zero attached hydrogens (tertiary/aromatic N) is 4. The summed E-state index contributed by atoms with van der Waals surface area (Å²) in [6, 6.07) is 0.859. The van der Waals surface area contributed by atoms with E-state index in [1.54, 1.807) is 4.90 Å². The van der Waals surface area contributed by atoms with Crippen LogP contribution in [0.3, 0.4) is 0 Å². The van der Waals surface area contributed by atoms with Crippen LogP contribution in [-0.2, 0) is 11.0 Å². The summed E-state index contributed by atoms with van der Waals surface area (Å²) < 4.78 is 38.0. The van der Waals surface area contributed by atoms with Crippen LogP contribution in [0.1, 0.15) is 19.0 Å². The van der Waals surface area contributed by atoms with Crippen molar-refractivity contribution in [3.63, 3.8) is 0 Å². The lowest BCUT2D eigenvalue weighted by Gasteiger charge is -2.34. The van der Waals surface area contributed by atoms with Crippen LogP contribution in [0.2, 0.25) is 0 Å². The molecule has 0 aliphatic carbocycles. The molecule has 1 aromatic rings. The van der Waals surface area contributed by atoms with Gasteiger partial charge in [0.1, 0.15) is 5.69 Å². The third kappa shape index (κ3) is 5.05. The number of carbonyl (C=O) groups is 1. The van der Waals surface area contributed by atoms with Crippen molar-refractivity contribution >= 4 is 11.9 Å². The van der Waals surface area contributed by atoms with Gasteiger partial charge in [0.15, 0.2) is 0 Å². The van der Waals surface area contributed by atoms with Crippen LogP contribution < -0.4 is 10.2 Å². The number of rotatable bonds is 5. The first kappa shape index (κ1) is 17.5. The third-order valence-corrected chi connectivity index (χ3v) is 3.53. The molecule has 1 aliphatic heterocycles. The van der Waals surface area contributed by atoms with Crippen molar-refractivity contribution in [3.05, 3.63) is 18.0 Å². The van der Waals surface area contributed by atoms with Gasteiger partial charge in [-0.05, 0) is 12.5 Å². The smallest absolute Gasteiger partial charge is 0.355 e. The second kappa shape index (κ2) is 7.58. The van der Waals surface area contributed by atoms with Gasteiger partial charge >= 0.3 is 6.18 Å². The molecule has 0 aromatic carbocycles. The molecule has 1 aromatic heterocycles. The number of aromatic nitrogens is 2. The minimum atomic E-state index is -4.48. The Labute approximate surface area is 132 Å². The number of alkyl halides is 3. The Kier molecular flexibility index (Phi) is 5.75. The standard InChI is InChI=1S/C14H20F3N5O/c1-2-4-18-12(23)10-21-6-8-22(9-7-21)13-19-5-3-11(20-13)14(15,16)17/h3,5H,2,4,6-10H2,1H3,(H,18,23). The van der Waals surface area contributed by atoms with E-state index in [-0.39, 0.29) is 11.9 Å². The molecule has 9 heteroatoms. The maximum Gasteiger partial charge on any atom is 0.433 e. The van der Waals surface area contributed by atoms with Gasteiger partial charge in [-0.15, -0.1) is 0 Å². The number of amides is 1. The molecule has 1 N–H and O–H groups in total. The minimum absolute atomic E-state index is 0.0318. The molecule has 1 aliphatic rings. The Bertz CT molecular complexity index is 529. The van der Waals surface area contributed by atoms with E-state index < -0.39 is 11.9 Å². The molecule has 1 saturated heterocycles. The maximum absolute atomic E-state index is 12.7. The van der Waals surface area contributed by atoms with Crippen LogP contribution >= 0.6 is 0 Å². The monoisotopic (exact) mass is 331 g/mol. The second-order valence-electron chi connectivity index (χ2n) is 5.35. The van der Waals surface area contributed by atoms with E-state index in [4.69, 9.17) is 0 Å². The molecular weight excluding hydrogens is 311 g/mol. The Morgan fingerprint density at radius 3 is 2.61 bits per heavy atom. The number of nitrogens with one attached hydrogen (secondary N) is 1. The highest BCUT2D eigenvalue weighted by Gasteiger charge is 2.33. The van der Waals surface area contributed by atoms with Gasteiger partial charge < -0.3 is 10.2 Å². The van der Waals surface area contributed by atoms with Gasteiger partial charge in [-0.3, -0.25) is 9.69 Å². The molecule has 1 fully saturated rings. The van der Waals surface area contributed by atoms with E-state index in [2.05, 4.69) is 15.3 Å². The van der Waals surface area contributed by atoms with E-state index in [0.717, 1.165) is 18.7 Å². The van der Waals surface area contributed by atoms with Crippen molar-refractivity contribution in [2.45, 2.75) is 19.5 Å². The lowest BCUT2D eigenvalue weighted by atomic mass is 10.3. The van der Waals surface area contributed by atoms with E-state index in [0.29, 0.717) is 39.3 Å². The molecule has 0 unspecified atom stereocenters. The van der Waals surface area contributed by atoms with Crippen molar-refractivity contribution < 1.29 is 18.0 Å². The van der Waals surface area contributed by atoms with Crippen molar-refractivity contribution in [3.8, 4) is 0 Å². The van der Waals surface area contributed by atoms with Crippen molar-refractivity contribution in [2.24, 2.45) is 0 Å². The summed E-state index contributed by atoms with van der Waals surface area (Å²) in [6.07, 6.45) is -2.47. The van der Waals surface area contributed by atoms with E-state index >= 15 is 0 Å². The normalized spacial score (nSPS) is 16.4. The highest BCUT2D eigenvalue weighted by molar-refractivity contribution is 5.78. The molecule has 0 saturated carbocycles. The fourth-order valence-electron chi connectivity index (χ4n) is 2.29. The van der Waals surface area contributed by atoms with Gasteiger partial charge in [0.25, 0.3) is 0 Å². The summed E-state index contributed by atoms with van der Waals surface area (Å²) in [5.41, 5.74) is -0.941. The zero-order valence-corrected chi connectivity index (χ0v) is 12.9. The number of anilines is 1. The minimum Gasteiger partial charge on any atom is -0.355 e. The van der Waals surface area contributed by atoms with Crippen LogP contribution in [0, 0.1) is 0 Å². The van der Waals surface area contributed by atoms with Crippen LogP contribution in [0.5, 0.6) is 0 Å². The molecule has 0 atom stereocenters. The largest absolute Gasteiger partial charge is 0.433 e. The zero-order valence-electron chi connectivity index (χ0n) is 12.9. The van der Waals surface area contributed by atoms with E-state index in [1.165, 1.54) is 0 Å². The number of hydrogen-bond donors (Lipinski definition) is 1. The van der Waals surface area contributed by atoms with Gasteiger partial charge in [-0.1, -0.05) is 6.92 Å². The average Bonchev–Trinajstić information content (AvgIpc) is 2.53. The molecule has 128 valence electrons. The van der Waals surface area contributed by atoms with Gasteiger partial charge in [0.2, 0.25) is 11.9 Å². The van der Waals surface area contributed by atoms with E-state index in [9.17, 15) is 18.0 Å². The highest BCUT2D eigenvalue weighted by atomic mass is 19.4. The topological polar surface area (TPSA) is 61.4 Å². The average molecular weight is 331 g/mol. The Morgan fingerprint density at radius 1 is 1.30 bits per heavy atom. The summed E-state index contributed by atoms with van der Waals surface area (Å²) >= 11 is 0. The first-order valence-corrected chi connectivity index (χ1v) is 7.54. The lowest BCUT2D eigenvalue weighted by molar-refractivity contribution is -0.141. The van der Waals surface area contributed by atoms with Gasteiger partial charge in [0, 0.05) is 38.9 Å². The van der Waals surface area contributed by atoms with Crippen LogP contribution in [0.4, 0.5) is 19.1 Å². The molecule has 0 spiro atoms. The van der Waals surface area contributed by atoms with Gasteiger partial charge in [-0.2, -0.15) is 13.2 Å². The molecule has 2 heterocycles. The fraction of sp³-hybridized carbons (Fsp3) is 0.643. The highest BCUT2D eigenvalue weighted by Crippen LogP contribution is 2.28. The SMILES string of the molecule is CCCNC(=O)CN1CCN(c2nccc(C(F)(F)F)n2)CC1. The zero-order chi connectivity index (χ0) is 16.9. The number of piperazine rings is 1. The fourth-order valence-corrected chi connectivity index (χ4v) is 2.29. The summed E-state index contributed by atoms with van der Waals surface area (Å²) in [4.78, 5) is 22.8. The molecule has 2 rings (SSSR count). The second-order valence-corrected chi connectivity index (χ2v) is 5.35. The quantitative estimate of drug-likeness (QED) is 0.877. The number of halogens is 3. The van der Waals surface area contributed by atoms with Crippen molar-refractivity contribution in [1.82, 2.24) is 20.2 Å². The molecule has 6 nitrogen and oxygen atoms in total. The van der Waals surface area contributed by atoms with Crippen LogP contribution in [0.25, 0.3) is 0 Å². The summed E-state index contributed by atoms with van der Waals surface area (Å²) in [5.74, 6) is 0.0468. The predicted octanol–water partition coefficient (Wildman–Crippen LogP) is 1.14. The molecule has 0 bridgehead atoms. The third-order valence-electron chi connectivity index (χ3n) is 3.53. The van der Waals surface area contributed by atoms with Crippen molar-refractivity contribution in [2.75, 3.05) is 44.2 Å². The Hall–Kier alpha value is -1.90.